The molecule has 3 heteroatoms. The van der Waals surface area contributed by atoms with Crippen LogP contribution in [0.3, 0.4) is 0 Å². The predicted octanol–water partition coefficient (Wildman–Crippen LogP) is 2.08. The maximum absolute atomic E-state index is 9.84. The van der Waals surface area contributed by atoms with Gasteiger partial charge < -0.3 is 15.2 Å². The molecule has 0 amide bonds. The third-order valence-corrected chi connectivity index (χ3v) is 4.08. The van der Waals surface area contributed by atoms with Crippen molar-refractivity contribution in [3.8, 4) is 0 Å². The van der Waals surface area contributed by atoms with Gasteiger partial charge in [-0.1, -0.05) is 19.3 Å². The molecule has 0 saturated heterocycles. The summed E-state index contributed by atoms with van der Waals surface area (Å²) in [5.41, 5.74) is 0. The van der Waals surface area contributed by atoms with Gasteiger partial charge in [0, 0.05) is 12.6 Å². The lowest BCUT2D eigenvalue weighted by molar-refractivity contribution is -0.0236. The summed E-state index contributed by atoms with van der Waals surface area (Å²) >= 11 is 0. The van der Waals surface area contributed by atoms with Crippen molar-refractivity contribution in [2.45, 2.75) is 70.1 Å². The Balaban J connectivity index is 1.51. The molecule has 100 valence electrons. The van der Waals surface area contributed by atoms with Crippen LogP contribution in [-0.2, 0) is 4.74 Å². The Morgan fingerprint density at radius 3 is 2.53 bits per heavy atom. The van der Waals surface area contributed by atoms with Crippen LogP contribution in [0.5, 0.6) is 0 Å². The Labute approximate surface area is 105 Å². The average Bonchev–Trinajstić information content (AvgIpc) is 3.19. The van der Waals surface area contributed by atoms with Crippen molar-refractivity contribution in [2.24, 2.45) is 5.92 Å². The van der Waals surface area contributed by atoms with E-state index in [2.05, 4.69) is 12.2 Å². The summed E-state index contributed by atoms with van der Waals surface area (Å²) in [7, 11) is 0. The molecule has 0 spiro atoms. The zero-order valence-corrected chi connectivity index (χ0v) is 11.0. The van der Waals surface area contributed by atoms with E-state index in [1.54, 1.807) is 0 Å². The fraction of sp³-hybridized carbons (Fsp3) is 1.00. The molecule has 2 rings (SSSR count). The maximum Gasteiger partial charge on any atom is 0.0897 e. The highest BCUT2D eigenvalue weighted by atomic mass is 16.5. The van der Waals surface area contributed by atoms with E-state index in [1.807, 2.05) is 0 Å². The summed E-state index contributed by atoms with van der Waals surface area (Å²) in [6.07, 6.45) is 9.04. The first-order valence-corrected chi connectivity index (χ1v) is 7.28. The first kappa shape index (κ1) is 13.3. The minimum Gasteiger partial charge on any atom is -0.389 e. The van der Waals surface area contributed by atoms with E-state index >= 15 is 0 Å². The number of rotatable bonds is 7. The molecule has 2 aliphatic rings. The van der Waals surface area contributed by atoms with Crippen molar-refractivity contribution < 1.29 is 9.84 Å². The Kier molecular flexibility index (Phi) is 5.26. The van der Waals surface area contributed by atoms with E-state index in [4.69, 9.17) is 4.74 Å². The fourth-order valence-corrected chi connectivity index (χ4v) is 2.62. The smallest absolute Gasteiger partial charge is 0.0897 e. The van der Waals surface area contributed by atoms with E-state index in [0.29, 0.717) is 25.3 Å². The first-order chi connectivity index (χ1) is 8.25. The van der Waals surface area contributed by atoms with Crippen molar-refractivity contribution >= 4 is 0 Å². The second-order valence-corrected chi connectivity index (χ2v) is 5.78. The van der Waals surface area contributed by atoms with Gasteiger partial charge >= 0.3 is 0 Å². The van der Waals surface area contributed by atoms with Gasteiger partial charge in [0.1, 0.15) is 0 Å². The van der Waals surface area contributed by atoms with Crippen molar-refractivity contribution in [3.63, 3.8) is 0 Å². The van der Waals surface area contributed by atoms with E-state index in [-0.39, 0.29) is 6.10 Å². The van der Waals surface area contributed by atoms with Gasteiger partial charge in [-0.2, -0.15) is 0 Å². The number of aliphatic hydroxyl groups is 1. The molecule has 0 aliphatic heterocycles. The number of hydrogen-bond acceptors (Lipinski definition) is 3. The molecule has 2 atom stereocenters. The summed E-state index contributed by atoms with van der Waals surface area (Å²) in [6.45, 7) is 3.38. The van der Waals surface area contributed by atoms with Gasteiger partial charge in [-0.3, -0.25) is 0 Å². The van der Waals surface area contributed by atoms with Crippen LogP contribution in [0.25, 0.3) is 0 Å². The maximum atomic E-state index is 9.84. The highest BCUT2D eigenvalue weighted by molar-refractivity contribution is 4.83. The van der Waals surface area contributed by atoms with Crippen molar-refractivity contribution in [2.75, 3.05) is 13.2 Å². The highest BCUT2D eigenvalue weighted by Crippen LogP contribution is 2.32. The zero-order chi connectivity index (χ0) is 12.1. The second-order valence-electron chi connectivity index (χ2n) is 5.78. The molecule has 0 heterocycles. The summed E-state index contributed by atoms with van der Waals surface area (Å²) in [4.78, 5) is 0. The SMILES string of the molecule is CC(NCC(O)COC1CCCCC1)C1CC1. The average molecular weight is 241 g/mol. The van der Waals surface area contributed by atoms with Gasteiger partial charge in [0.05, 0.1) is 18.8 Å². The molecular formula is C14H27NO2. The lowest BCUT2D eigenvalue weighted by atomic mass is 9.98. The second kappa shape index (κ2) is 6.72. The number of nitrogens with one attached hydrogen (secondary N) is 1. The number of aliphatic hydroxyl groups excluding tert-OH is 1. The minimum absolute atomic E-state index is 0.349. The van der Waals surface area contributed by atoms with E-state index < -0.39 is 0 Å². The van der Waals surface area contributed by atoms with Crippen molar-refractivity contribution in [3.05, 3.63) is 0 Å². The third-order valence-electron chi connectivity index (χ3n) is 4.08. The van der Waals surface area contributed by atoms with Crippen LogP contribution in [-0.4, -0.2) is 36.5 Å². The molecule has 3 nitrogen and oxygen atoms in total. The van der Waals surface area contributed by atoms with Crippen LogP contribution < -0.4 is 5.32 Å². The molecule has 2 aliphatic carbocycles. The van der Waals surface area contributed by atoms with E-state index in [1.165, 1.54) is 44.9 Å². The van der Waals surface area contributed by atoms with Gasteiger partial charge in [-0.25, -0.2) is 0 Å². The van der Waals surface area contributed by atoms with Gasteiger partial charge in [0.15, 0.2) is 0 Å². The molecule has 17 heavy (non-hydrogen) atoms. The third kappa shape index (κ3) is 4.94. The molecule has 0 bridgehead atoms. The molecule has 2 N–H and O–H groups in total. The number of ether oxygens (including phenoxy) is 1. The first-order valence-electron chi connectivity index (χ1n) is 7.28. The molecule has 0 aromatic rings. The van der Waals surface area contributed by atoms with Gasteiger partial charge in [-0.05, 0) is 38.5 Å². The summed E-state index contributed by atoms with van der Waals surface area (Å²) in [6, 6.07) is 0.555. The van der Waals surface area contributed by atoms with Crippen LogP contribution in [0.1, 0.15) is 51.9 Å². The standard InChI is InChI=1S/C14H27NO2/c1-11(12-7-8-12)15-9-13(16)10-17-14-5-3-2-4-6-14/h11-16H,2-10H2,1H3. The highest BCUT2D eigenvalue weighted by Gasteiger charge is 2.27. The van der Waals surface area contributed by atoms with Gasteiger partial charge in [-0.15, -0.1) is 0 Å². The monoisotopic (exact) mass is 241 g/mol. The molecule has 2 fully saturated rings. The van der Waals surface area contributed by atoms with Crippen LogP contribution in [0, 0.1) is 5.92 Å². The van der Waals surface area contributed by atoms with Crippen LogP contribution in [0.2, 0.25) is 0 Å². The Morgan fingerprint density at radius 2 is 1.88 bits per heavy atom. The van der Waals surface area contributed by atoms with Crippen molar-refractivity contribution in [1.29, 1.82) is 0 Å². The topological polar surface area (TPSA) is 41.5 Å². The normalized spacial score (nSPS) is 25.8. The van der Waals surface area contributed by atoms with Crippen LogP contribution in [0.15, 0.2) is 0 Å². The Hall–Kier alpha value is -0.120. The van der Waals surface area contributed by atoms with E-state index in [0.717, 1.165) is 5.92 Å². The fourth-order valence-electron chi connectivity index (χ4n) is 2.62. The minimum atomic E-state index is -0.349. The zero-order valence-electron chi connectivity index (χ0n) is 11.0. The quantitative estimate of drug-likeness (QED) is 0.717. The summed E-state index contributed by atoms with van der Waals surface area (Å²) in [5.74, 6) is 0.849. The van der Waals surface area contributed by atoms with Gasteiger partial charge in [0.25, 0.3) is 0 Å². The molecular weight excluding hydrogens is 214 g/mol. The predicted molar refractivity (Wildman–Crippen MR) is 69.0 cm³/mol. The Bertz CT molecular complexity index is 212. The molecule has 2 saturated carbocycles. The summed E-state index contributed by atoms with van der Waals surface area (Å²) in [5, 5.41) is 13.2. The lowest BCUT2D eigenvalue weighted by Gasteiger charge is -2.24. The van der Waals surface area contributed by atoms with E-state index in [9.17, 15) is 5.11 Å². The lowest BCUT2D eigenvalue weighted by Crippen LogP contribution is -2.37. The Morgan fingerprint density at radius 1 is 1.18 bits per heavy atom. The largest absolute Gasteiger partial charge is 0.389 e. The molecule has 0 aromatic carbocycles. The van der Waals surface area contributed by atoms with Crippen LogP contribution >= 0.6 is 0 Å². The van der Waals surface area contributed by atoms with Crippen molar-refractivity contribution in [1.82, 2.24) is 5.32 Å². The molecule has 0 radical (unpaired) electrons. The van der Waals surface area contributed by atoms with Crippen LogP contribution in [0.4, 0.5) is 0 Å². The summed E-state index contributed by atoms with van der Waals surface area (Å²) < 4.78 is 5.76. The van der Waals surface area contributed by atoms with Gasteiger partial charge in [0.2, 0.25) is 0 Å². The molecule has 2 unspecified atom stereocenters. The number of hydrogen-bond donors (Lipinski definition) is 2. The molecule has 0 aromatic heterocycles.